The maximum Gasteiger partial charge on any atom is 0.121 e. The van der Waals surface area contributed by atoms with Gasteiger partial charge in [-0.3, -0.25) is 0 Å². The quantitative estimate of drug-likeness (QED) is 0.0257. The Kier molecular flexibility index (Phi) is 74.5. The summed E-state index contributed by atoms with van der Waals surface area (Å²) >= 11 is 0. The van der Waals surface area contributed by atoms with Crippen LogP contribution in [0.25, 0.3) is 0 Å². The fourth-order valence-electron chi connectivity index (χ4n) is 13.6. The molecule has 0 aliphatic rings. The maximum atomic E-state index is 11.5. The molecule has 92 heavy (non-hydrogen) atoms. The highest BCUT2D eigenvalue weighted by atomic mass is 16.5. The van der Waals surface area contributed by atoms with E-state index < -0.39 is 74.3 Å². The molecule has 10 N–H and O–H groups in total. The van der Waals surface area contributed by atoms with Gasteiger partial charge in [0.25, 0.3) is 0 Å². The number of hydrogen-bond donors (Lipinski definition) is 10. The monoisotopic (exact) mass is 1320 g/mol. The summed E-state index contributed by atoms with van der Waals surface area (Å²) in [7, 11) is 0. The summed E-state index contributed by atoms with van der Waals surface area (Å²) < 4.78 is 11.9. The Hall–Kier alpha value is -0.480. The van der Waals surface area contributed by atoms with Gasteiger partial charge in [-0.1, -0.05) is 400 Å². The maximum absolute atomic E-state index is 11.5. The van der Waals surface area contributed by atoms with Crippen LogP contribution < -0.4 is 0 Å². The Morgan fingerprint density at radius 2 is 0.370 bits per heavy atom. The molecule has 556 valence electrons. The summed E-state index contributed by atoms with van der Waals surface area (Å²) in [4.78, 5) is 0. The Bertz CT molecular complexity index is 1280. The van der Waals surface area contributed by atoms with E-state index >= 15 is 0 Å². The molecule has 0 aromatic heterocycles. The smallest absolute Gasteiger partial charge is 0.121 e. The zero-order valence-corrected chi connectivity index (χ0v) is 61.8. The van der Waals surface area contributed by atoms with Crippen molar-refractivity contribution in [2.75, 3.05) is 39.6 Å². The lowest BCUT2D eigenvalue weighted by Gasteiger charge is -2.41. The van der Waals surface area contributed by atoms with Crippen molar-refractivity contribution in [3.8, 4) is 0 Å². The SMILES string of the molecule is CCCCCCCCCCCCCCCCCO[C@H]([C@H](O)CO)[C@@](O)(CCCCCCCCCCCCCCCCC)[C@H](O)CO.CCCCCCCCCCCCCCCCCO[C@H]([C@H](O)CO)[C@@](O)(CCCCCCCCCCCCCCCCC)[C@H](O)CO. The molecule has 0 fully saturated rings. The van der Waals surface area contributed by atoms with Crippen LogP contribution in [0.2, 0.25) is 0 Å². The first-order chi connectivity index (χ1) is 44.9. The van der Waals surface area contributed by atoms with Crippen LogP contribution in [-0.2, 0) is 9.47 Å². The van der Waals surface area contributed by atoms with Crippen LogP contribution in [0, 0.1) is 0 Å². The van der Waals surface area contributed by atoms with Crippen molar-refractivity contribution < 1.29 is 60.5 Å². The van der Waals surface area contributed by atoms with Gasteiger partial charge in [0.05, 0.1) is 26.4 Å². The second-order valence-corrected chi connectivity index (χ2v) is 28.8. The second-order valence-electron chi connectivity index (χ2n) is 28.8. The highest BCUT2D eigenvalue weighted by Crippen LogP contribution is 2.31. The van der Waals surface area contributed by atoms with Gasteiger partial charge in [-0.15, -0.1) is 0 Å². The van der Waals surface area contributed by atoms with E-state index in [1.807, 2.05) is 0 Å². The third kappa shape index (κ3) is 56.4. The van der Waals surface area contributed by atoms with Gasteiger partial charge in [-0.05, 0) is 25.7 Å². The van der Waals surface area contributed by atoms with Crippen LogP contribution in [0.4, 0.5) is 0 Å². The van der Waals surface area contributed by atoms with Gasteiger partial charge in [0.15, 0.2) is 0 Å². The normalized spacial score (nSPS) is 15.2. The van der Waals surface area contributed by atoms with Gasteiger partial charge >= 0.3 is 0 Å². The van der Waals surface area contributed by atoms with E-state index in [2.05, 4.69) is 27.7 Å². The molecule has 0 radical (unpaired) electrons. The minimum absolute atomic E-state index is 0.216. The molecular formula is C80H164O12. The van der Waals surface area contributed by atoms with Gasteiger partial charge in [0, 0.05) is 13.2 Å². The summed E-state index contributed by atoms with van der Waals surface area (Å²) in [6.45, 7) is 7.38. The fraction of sp³-hybridized carbons (Fsp3) is 1.00. The van der Waals surface area contributed by atoms with Gasteiger partial charge < -0.3 is 60.5 Å². The number of rotatable bonds is 76. The first-order valence-electron chi connectivity index (χ1n) is 40.8. The van der Waals surface area contributed by atoms with E-state index in [0.29, 0.717) is 26.1 Å². The lowest BCUT2D eigenvalue weighted by Crippen LogP contribution is -2.59. The molecule has 0 aromatic rings. The van der Waals surface area contributed by atoms with Gasteiger partial charge in [-0.25, -0.2) is 0 Å². The van der Waals surface area contributed by atoms with E-state index in [4.69, 9.17) is 9.47 Å². The number of ether oxygens (including phenoxy) is 2. The molecule has 0 aliphatic heterocycles. The Morgan fingerprint density at radius 1 is 0.217 bits per heavy atom. The van der Waals surface area contributed by atoms with E-state index in [-0.39, 0.29) is 12.8 Å². The van der Waals surface area contributed by atoms with Crippen LogP contribution in [0.5, 0.6) is 0 Å². The molecule has 0 bridgehead atoms. The number of aliphatic hydroxyl groups excluding tert-OH is 8. The second kappa shape index (κ2) is 73.2. The number of unbranched alkanes of at least 4 members (excludes halogenated alkanes) is 56. The zero-order chi connectivity index (χ0) is 68.0. The van der Waals surface area contributed by atoms with E-state index in [1.54, 1.807) is 0 Å². The van der Waals surface area contributed by atoms with Crippen LogP contribution in [0.1, 0.15) is 426 Å². The first-order valence-corrected chi connectivity index (χ1v) is 40.8. The lowest BCUT2D eigenvalue weighted by atomic mass is 9.82. The summed E-state index contributed by atoms with van der Waals surface area (Å²) in [6.07, 6.45) is 68.0. The molecule has 0 amide bonds. The molecule has 0 aromatic carbocycles. The van der Waals surface area contributed by atoms with Crippen molar-refractivity contribution in [2.24, 2.45) is 0 Å². The summed E-state index contributed by atoms with van der Waals surface area (Å²) in [6, 6.07) is 0. The van der Waals surface area contributed by atoms with Crippen LogP contribution in [0.3, 0.4) is 0 Å². The van der Waals surface area contributed by atoms with Crippen molar-refractivity contribution >= 4 is 0 Å². The predicted octanol–water partition coefficient (Wildman–Crippen LogP) is 19.9. The van der Waals surface area contributed by atoms with Crippen molar-refractivity contribution in [1.82, 2.24) is 0 Å². The van der Waals surface area contributed by atoms with Crippen LogP contribution in [-0.4, -0.2) is 139 Å². The highest BCUT2D eigenvalue weighted by Gasteiger charge is 2.48. The molecule has 12 heteroatoms. The van der Waals surface area contributed by atoms with Crippen molar-refractivity contribution in [1.29, 1.82) is 0 Å². The summed E-state index contributed by atoms with van der Waals surface area (Å²) in [5, 5.41) is 104. The summed E-state index contributed by atoms with van der Waals surface area (Å²) in [5.74, 6) is 0. The Labute approximate surface area is 571 Å². The molecular weight excluding hydrogens is 1150 g/mol. The van der Waals surface area contributed by atoms with Crippen molar-refractivity contribution in [3.63, 3.8) is 0 Å². The minimum Gasteiger partial charge on any atom is -0.394 e. The van der Waals surface area contributed by atoms with Crippen molar-refractivity contribution in [3.05, 3.63) is 0 Å². The Morgan fingerprint density at radius 3 is 0.522 bits per heavy atom. The average Bonchev–Trinajstić information content (AvgIpc) is 0.841. The van der Waals surface area contributed by atoms with Gasteiger partial charge in [0.2, 0.25) is 0 Å². The predicted molar refractivity (Wildman–Crippen MR) is 391 cm³/mol. The number of hydrogen-bond acceptors (Lipinski definition) is 12. The summed E-state index contributed by atoms with van der Waals surface area (Å²) in [5.41, 5.74) is -3.61. The van der Waals surface area contributed by atoms with Crippen LogP contribution >= 0.6 is 0 Å². The standard InChI is InChI=1S/2C40H82O6/c2*1-3-5-7-9-11-13-15-17-19-21-23-25-27-29-31-33-40(45,38(44)36-42)39(37(43)35-41)46-34-32-30-28-26-24-22-20-18-16-14-12-10-8-6-4-2/h2*37-39,41-45H,3-36H2,1-2H3/t2*37-,38-,39-,40-/m11/s1. The highest BCUT2D eigenvalue weighted by molar-refractivity contribution is 4.98. The Balaban J connectivity index is 0. The van der Waals surface area contributed by atoms with E-state index in [1.165, 1.54) is 295 Å². The molecule has 8 atom stereocenters. The first kappa shape index (κ1) is 93.6. The topological polar surface area (TPSA) is 221 Å². The minimum atomic E-state index is -1.80. The van der Waals surface area contributed by atoms with E-state index in [0.717, 1.165) is 77.0 Å². The lowest BCUT2D eigenvalue weighted by molar-refractivity contribution is -0.212. The van der Waals surface area contributed by atoms with Gasteiger partial charge in [-0.2, -0.15) is 0 Å². The molecule has 0 unspecified atom stereocenters. The molecule has 0 saturated heterocycles. The molecule has 0 heterocycles. The van der Waals surface area contributed by atoms with Gasteiger partial charge in [0.1, 0.15) is 47.8 Å². The molecule has 0 aliphatic carbocycles. The van der Waals surface area contributed by atoms with Crippen molar-refractivity contribution in [2.45, 2.75) is 474 Å². The molecule has 0 saturated carbocycles. The zero-order valence-electron chi connectivity index (χ0n) is 61.8. The van der Waals surface area contributed by atoms with E-state index in [9.17, 15) is 51.1 Å². The fourth-order valence-corrected chi connectivity index (χ4v) is 13.6. The van der Waals surface area contributed by atoms with Crippen LogP contribution in [0.15, 0.2) is 0 Å². The largest absolute Gasteiger partial charge is 0.394 e. The third-order valence-corrected chi connectivity index (χ3v) is 20.0. The third-order valence-electron chi connectivity index (χ3n) is 20.0. The molecule has 12 nitrogen and oxygen atoms in total. The number of aliphatic hydroxyl groups is 10. The average molecular weight is 1320 g/mol. The molecule has 0 spiro atoms. The molecule has 0 rings (SSSR count).